The van der Waals surface area contributed by atoms with Crippen LogP contribution >= 0.6 is 11.3 Å². The van der Waals surface area contributed by atoms with Gasteiger partial charge < -0.3 is 19.6 Å². The van der Waals surface area contributed by atoms with Crippen LogP contribution in [0.4, 0.5) is 16.6 Å². The molecular formula is C17H22N6OS. The minimum atomic E-state index is 0.135. The standard InChI is InChI=1S/C17H22N6OS/c1-20-4-5-23(12-16(20)24)15-11-14(18-13-19-15)21-6-8-22(9-7-21)17-3-2-10-25-17/h2-3,10-11,13H,4-9,12H2,1H3. The fourth-order valence-corrected chi connectivity index (χ4v) is 4.03. The van der Waals surface area contributed by atoms with Crippen molar-refractivity contribution in [3.63, 3.8) is 0 Å². The van der Waals surface area contributed by atoms with Gasteiger partial charge in [0, 0.05) is 52.4 Å². The molecule has 2 fully saturated rings. The molecule has 0 atom stereocenters. The summed E-state index contributed by atoms with van der Waals surface area (Å²) in [6.07, 6.45) is 1.61. The smallest absolute Gasteiger partial charge is 0.241 e. The van der Waals surface area contributed by atoms with Crippen LogP contribution in [-0.2, 0) is 4.79 Å². The molecule has 0 saturated carbocycles. The highest BCUT2D eigenvalue weighted by atomic mass is 32.1. The number of carbonyl (C=O) groups is 1. The van der Waals surface area contributed by atoms with Crippen molar-refractivity contribution in [2.45, 2.75) is 0 Å². The lowest BCUT2D eigenvalue weighted by atomic mass is 10.3. The van der Waals surface area contributed by atoms with Crippen LogP contribution in [-0.4, -0.2) is 73.6 Å². The molecule has 2 aliphatic heterocycles. The van der Waals surface area contributed by atoms with Crippen molar-refractivity contribution < 1.29 is 4.79 Å². The average Bonchev–Trinajstić information content (AvgIpc) is 3.19. The molecule has 1 amide bonds. The third kappa shape index (κ3) is 3.39. The molecule has 0 unspecified atom stereocenters. The lowest BCUT2D eigenvalue weighted by Crippen LogP contribution is -2.49. The van der Waals surface area contributed by atoms with Crippen LogP contribution in [0.1, 0.15) is 0 Å². The lowest BCUT2D eigenvalue weighted by Gasteiger charge is -2.36. The zero-order chi connectivity index (χ0) is 17.2. The summed E-state index contributed by atoms with van der Waals surface area (Å²) < 4.78 is 0. The van der Waals surface area contributed by atoms with Gasteiger partial charge in [0.05, 0.1) is 11.5 Å². The fraction of sp³-hybridized carbons (Fsp3) is 0.471. The quantitative estimate of drug-likeness (QED) is 0.820. The van der Waals surface area contributed by atoms with Crippen molar-refractivity contribution >= 4 is 33.9 Å². The molecule has 0 aromatic carbocycles. The zero-order valence-electron chi connectivity index (χ0n) is 14.3. The molecule has 4 heterocycles. The summed E-state index contributed by atoms with van der Waals surface area (Å²) in [7, 11) is 1.85. The molecule has 2 aromatic rings. The van der Waals surface area contributed by atoms with E-state index in [1.807, 2.05) is 18.0 Å². The Kier molecular flexibility index (Phi) is 4.44. The van der Waals surface area contributed by atoms with E-state index in [9.17, 15) is 4.79 Å². The minimum Gasteiger partial charge on any atom is -0.360 e. The number of likely N-dealkylation sites (N-methyl/N-ethyl adjacent to an activating group) is 1. The van der Waals surface area contributed by atoms with Crippen molar-refractivity contribution in [1.82, 2.24) is 14.9 Å². The minimum absolute atomic E-state index is 0.135. The van der Waals surface area contributed by atoms with E-state index in [4.69, 9.17) is 0 Å². The van der Waals surface area contributed by atoms with Crippen molar-refractivity contribution in [3.8, 4) is 0 Å². The Hall–Kier alpha value is -2.35. The molecule has 8 heteroatoms. The van der Waals surface area contributed by atoms with Crippen molar-refractivity contribution in [3.05, 3.63) is 29.9 Å². The fourth-order valence-electron chi connectivity index (χ4n) is 3.24. The van der Waals surface area contributed by atoms with Crippen LogP contribution in [0.5, 0.6) is 0 Å². The molecule has 0 radical (unpaired) electrons. The maximum Gasteiger partial charge on any atom is 0.241 e. The first-order chi connectivity index (χ1) is 12.2. The Morgan fingerprint density at radius 1 is 0.960 bits per heavy atom. The first-order valence-corrected chi connectivity index (χ1v) is 9.43. The molecular weight excluding hydrogens is 336 g/mol. The topological polar surface area (TPSA) is 55.8 Å². The van der Waals surface area contributed by atoms with Gasteiger partial charge >= 0.3 is 0 Å². The zero-order valence-corrected chi connectivity index (χ0v) is 15.2. The van der Waals surface area contributed by atoms with Crippen LogP contribution < -0.4 is 14.7 Å². The number of thiophene rings is 1. The summed E-state index contributed by atoms with van der Waals surface area (Å²) >= 11 is 1.79. The number of hydrogen-bond donors (Lipinski definition) is 0. The number of aromatic nitrogens is 2. The van der Waals surface area contributed by atoms with Gasteiger partial charge in [-0.25, -0.2) is 9.97 Å². The van der Waals surface area contributed by atoms with E-state index in [2.05, 4.69) is 37.3 Å². The van der Waals surface area contributed by atoms with E-state index in [1.54, 1.807) is 22.6 Å². The molecule has 4 rings (SSSR count). The third-order valence-corrected chi connectivity index (χ3v) is 5.77. The van der Waals surface area contributed by atoms with Gasteiger partial charge in [-0.3, -0.25) is 4.79 Å². The van der Waals surface area contributed by atoms with E-state index < -0.39 is 0 Å². The van der Waals surface area contributed by atoms with Crippen LogP contribution in [0.15, 0.2) is 29.9 Å². The van der Waals surface area contributed by atoms with Crippen molar-refractivity contribution in [2.24, 2.45) is 0 Å². The second-order valence-electron chi connectivity index (χ2n) is 6.40. The molecule has 0 aliphatic carbocycles. The molecule has 2 saturated heterocycles. The number of rotatable bonds is 3. The second kappa shape index (κ2) is 6.87. The van der Waals surface area contributed by atoms with Crippen molar-refractivity contribution in [2.75, 3.05) is 67.6 Å². The number of piperazine rings is 2. The maximum atomic E-state index is 11.9. The van der Waals surface area contributed by atoms with E-state index in [1.165, 1.54) is 5.00 Å². The molecule has 7 nitrogen and oxygen atoms in total. The predicted molar refractivity (Wildman–Crippen MR) is 101 cm³/mol. The highest BCUT2D eigenvalue weighted by Crippen LogP contribution is 2.25. The van der Waals surface area contributed by atoms with Crippen LogP contribution in [0.2, 0.25) is 0 Å². The molecule has 2 aliphatic rings. The monoisotopic (exact) mass is 358 g/mol. The van der Waals surface area contributed by atoms with Gasteiger partial charge in [0.25, 0.3) is 0 Å². The van der Waals surface area contributed by atoms with Gasteiger partial charge in [-0.15, -0.1) is 11.3 Å². The van der Waals surface area contributed by atoms with Gasteiger partial charge in [-0.05, 0) is 17.5 Å². The van der Waals surface area contributed by atoms with Gasteiger partial charge in [0.2, 0.25) is 5.91 Å². The first kappa shape index (κ1) is 16.1. The molecule has 132 valence electrons. The largest absolute Gasteiger partial charge is 0.360 e. The normalized spacial score (nSPS) is 18.8. The Labute approximate surface area is 151 Å². The SMILES string of the molecule is CN1CCN(c2cc(N3CCN(c4cccs4)CC3)ncn2)CC1=O. The highest BCUT2D eigenvalue weighted by Gasteiger charge is 2.24. The summed E-state index contributed by atoms with van der Waals surface area (Å²) in [4.78, 5) is 29.3. The summed E-state index contributed by atoms with van der Waals surface area (Å²) in [6, 6.07) is 6.29. The van der Waals surface area contributed by atoms with E-state index in [-0.39, 0.29) is 5.91 Å². The van der Waals surface area contributed by atoms with E-state index in [0.29, 0.717) is 6.54 Å². The Balaban J connectivity index is 1.43. The van der Waals surface area contributed by atoms with Gasteiger partial charge in [-0.2, -0.15) is 0 Å². The van der Waals surface area contributed by atoms with Gasteiger partial charge in [0.1, 0.15) is 18.0 Å². The van der Waals surface area contributed by atoms with Crippen LogP contribution in [0, 0.1) is 0 Å². The van der Waals surface area contributed by atoms with E-state index >= 15 is 0 Å². The predicted octanol–water partition coefficient (Wildman–Crippen LogP) is 1.14. The second-order valence-corrected chi connectivity index (χ2v) is 7.32. The first-order valence-electron chi connectivity index (χ1n) is 8.55. The number of amides is 1. The lowest BCUT2D eigenvalue weighted by molar-refractivity contribution is -0.129. The van der Waals surface area contributed by atoms with Crippen LogP contribution in [0.3, 0.4) is 0 Å². The molecule has 0 bridgehead atoms. The Morgan fingerprint density at radius 3 is 2.32 bits per heavy atom. The van der Waals surface area contributed by atoms with E-state index in [0.717, 1.165) is 50.9 Å². The number of carbonyl (C=O) groups excluding carboxylic acids is 1. The maximum absolute atomic E-state index is 11.9. The molecule has 0 spiro atoms. The van der Waals surface area contributed by atoms with Crippen molar-refractivity contribution in [1.29, 1.82) is 0 Å². The summed E-state index contributed by atoms with van der Waals surface area (Å²) in [5.41, 5.74) is 0. The summed E-state index contributed by atoms with van der Waals surface area (Å²) in [5.74, 6) is 1.92. The molecule has 0 N–H and O–H groups in total. The Bertz CT molecular complexity index is 728. The number of anilines is 3. The van der Waals surface area contributed by atoms with Gasteiger partial charge in [0.15, 0.2) is 0 Å². The van der Waals surface area contributed by atoms with Gasteiger partial charge in [-0.1, -0.05) is 0 Å². The average molecular weight is 358 g/mol. The molecule has 2 aromatic heterocycles. The summed E-state index contributed by atoms with van der Waals surface area (Å²) in [5, 5.41) is 3.45. The summed E-state index contributed by atoms with van der Waals surface area (Å²) in [6.45, 7) is 5.80. The molecule has 25 heavy (non-hydrogen) atoms. The Morgan fingerprint density at radius 2 is 1.64 bits per heavy atom. The van der Waals surface area contributed by atoms with Crippen LogP contribution in [0.25, 0.3) is 0 Å². The third-order valence-electron chi connectivity index (χ3n) is 4.84. The number of hydrogen-bond acceptors (Lipinski definition) is 7. The highest BCUT2D eigenvalue weighted by molar-refractivity contribution is 7.14. The number of nitrogens with zero attached hydrogens (tertiary/aromatic N) is 6.